The van der Waals surface area contributed by atoms with Crippen LogP contribution in [0.2, 0.25) is 0 Å². The summed E-state index contributed by atoms with van der Waals surface area (Å²) in [5, 5.41) is 14.2. The first-order chi connectivity index (χ1) is 15.1. The Labute approximate surface area is 183 Å². The van der Waals surface area contributed by atoms with Crippen molar-refractivity contribution in [3.63, 3.8) is 0 Å². The Bertz CT molecular complexity index is 903. The van der Waals surface area contributed by atoms with Gasteiger partial charge in [-0.05, 0) is 0 Å². The van der Waals surface area contributed by atoms with Gasteiger partial charge in [0, 0.05) is 0 Å². The van der Waals surface area contributed by atoms with E-state index in [1.807, 2.05) is 60.7 Å². The maximum absolute atomic E-state index is 13.4. The van der Waals surface area contributed by atoms with E-state index in [0.29, 0.717) is 0 Å². The molecule has 6 nitrogen and oxygen atoms in total. The molecule has 7 heteroatoms. The number of hydrogen-bond donors (Lipinski definition) is 0. The van der Waals surface area contributed by atoms with Crippen molar-refractivity contribution in [1.82, 2.24) is 0 Å². The number of nitrogens with zero attached hydrogens (tertiary/aromatic N) is 1. The summed E-state index contributed by atoms with van der Waals surface area (Å²) in [5.41, 5.74) is -0.692. The number of esters is 1. The van der Waals surface area contributed by atoms with Crippen molar-refractivity contribution in [2.24, 2.45) is 10.7 Å². The summed E-state index contributed by atoms with van der Waals surface area (Å²) < 4.78 is 21.8. The van der Waals surface area contributed by atoms with E-state index in [9.17, 15) is 9.90 Å². The molecule has 1 saturated heterocycles. The molecule has 0 amide bonds. The molecular formula is C24H29NO5P-. The molecule has 1 heterocycles. The minimum absolute atomic E-state index is 0.230. The van der Waals surface area contributed by atoms with Gasteiger partial charge in [0.15, 0.2) is 0 Å². The second-order valence-corrected chi connectivity index (χ2v) is 12.3. The van der Waals surface area contributed by atoms with Crippen molar-refractivity contribution in [2.75, 3.05) is 14.2 Å². The Kier molecular flexibility index (Phi) is 6.05. The summed E-state index contributed by atoms with van der Waals surface area (Å²) in [6.07, 6.45) is 4.30. The van der Waals surface area contributed by atoms with Crippen LogP contribution < -0.4 is 15.7 Å². The van der Waals surface area contributed by atoms with Crippen molar-refractivity contribution in [3.05, 3.63) is 60.7 Å². The van der Waals surface area contributed by atoms with E-state index in [1.165, 1.54) is 20.6 Å². The van der Waals surface area contributed by atoms with Crippen LogP contribution in [0.5, 0.6) is 0 Å². The van der Waals surface area contributed by atoms with Crippen molar-refractivity contribution in [1.29, 1.82) is 0 Å². The molecule has 2 aromatic carbocycles. The zero-order valence-corrected chi connectivity index (χ0v) is 18.9. The molecule has 2 unspecified atom stereocenters. The third kappa shape index (κ3) is 3.33. The van der Waals surface area contributed by atoms with E-state index in [4.69, 9.17) is 14.0 Å². The zero-order chi connectivity index (χ0) is 21.9. The van der Waals surface area contributed by atoms with Crippen molar-refractivity contribution in [2.45, 2.75) is 43.9 Å². The van der Waals surface area contributed by atoms with E-state index in [2.05, 4.69) is 4.76 Å². The average Bonchev–Trinajstić information content (AvgIpc) is 2.83. The number of carbonyl (C=O) groups is 1. The van der Waals surface area contributed by atoms with Gasteiger partial charge < -0.3 is 0 Å². The van der Waals surface area contributed by atoms with Crippen molar-refractivity contribution in [3.8, 4) is 0 Å². The van der Waals surface area contributed by atoms with E-state index >= 15 is 0 Å². The van der Waals surface area contributed by atoms with Gasteiger partial charge >= 0.3 is 183 Å². The van der Waals surface area contributed by atoms with Gasteiger partial charge in [0.25, 0.3) is 0 Å². The molecule has 0 spiro atoms. The summed E-state index contributed by atoms with van der Waals surface area (Å²) in [4.78, 5) is 13.4. The summed E-state index contributed by atoms with van der Waals surface area (Å²) in [7, 11) is 2.68. The fourth-order valence-electron chi connectivity index (χ4n) is 5.27. The standard InChI is InChI=1S/C24H30NO5P/c1-28-23(26)22-21(18-12-6-3-7-13-18)30-31(22,25-24(27)29-2,19-14-8-4-9-15-19)20-16-10-5-11-17-20/h4-5,8-11,14-18,21-22H,3,6-7,12-13H2,1-2H3,(H,25,27)/p-1. The number of carbonyl (C=O) groups excluding carboxylic acids is 1. The van der Waals surface area contributed by atoms with Crippen LogP contribution in [0.15, 0.2) is 65.4 Å². The van der Waals surface area contributed by atoms with Crippen LogP contribution >= 0.6 is 6.98 Å². The third-order valence-electron chi connectivity index (χ3n) is 6.68. The number of rotatable bonds is 5. The molecule has 2 atom stereocenters. The third-order valence-corrected chi connectivity index (χ3v) is 12.0. The predicted octanol–water partition coefficient (Wildman–Crippen LogP) is 2.90. The van der Waals surface area contributed by atoms with Gasteiger partial charge in [-0.1, -0.05) is 0 Å². The molecule has 0 aromatic heterocycles. The Hall–Kier alpha value is -2.43. The topological polar surface area (TPSA) is 80.2 Å². The van der Waals surface area contributed by atoms with Gasteiger partial charge in [-0.15, -0.1) is 0 Å². The second-order valence-electron chi connectivity index (χ2n) is 8.23. The SMILES string of the molecule is COC(=O)C1C(C2CCCCC2)OP1(N=C([O-])OC)(c1ccccc1)c1ccccc1. The number of benzene rings is 2. The van der Waals surface area contributed by atoms with E-state index in [0.717, 1.165) is 36.3 Å². The zero-order valence-electron chi connectivity index (χ0n) is 18.0. The van der Waals surface area contributed by atoms with Crippen LogP contribution in [-0.4, -0.2) is 38.0 Å². The van der Waals surface area contributed by atoms with E-state index < -0.39 is 18.7 Å². The molecule has 0 bridgehead atoms. The van der Waals surface area contributed by atoms with Gasteiger partial charge in [0.1, 0.15) is 0 Å². The first-order valence-electron chi connectivity index (χ1n) is 10.8. The van der Waals surface area contributed by atoms with Crippen LogP contribution in [0.25, 0.3) is 0 Å². The maximum atomic E-state index is 13.4. The summed E-state index contributed by atoms with van der Waals surface area (Å²) in [6, 6.07) is 18.9. The molecular weight excluding hydrogens is 413 g/mol. The number of methoxy groups -OCH3 is 2. The van der Waals surface area contributed by atoms with Crippen molar-refractivity contribution < 1.29 is 23.9 Å². The quantitative estimate of drug-likeness (QED) is 0.308. The molecule has 0 N–H and O–H groups in total. The fourth-order valence-corrected chi connectivity index (χ4v) is 10.8. The molecule has 31 heavy (non-hydrogen) atoms. The van der Waals surface area contributed by atoms with Gasteiger partial charge in [-0.25, -0.2) is 0 Å². The molecule has 166 valence electrons. The summed E-state index contributed by atoms with van der Waals surface area (Å²) >= 11 is 0. The molecule has 1 saturated carbocycles. The Morgan fingerprint density at radius 3 is 1.97 bits per heavy atom. The molecule has 0 radical (unpaired) electrons. The molecule has 1 aliphatic carbocycles. The minimum atomic E-state index is -4.13. The normalized spacial score (nSPS) is 26.6. The number of ether oxygens (including phenoxy) is 2. The summed E-state index contributed by atoms with van der Waals surface area (Å²) in [5.74, 6) is -0.159. The number of hydrogen-bond acceptors (Lipinski definition) is 6. The van der Waals surface area contributed by atoms with Crippen molar-refractivity contribution >= 4 is 29.6 Å². The van der Waals surface area contributed by atoms with Gasteiger partial charge in [-0.2, -0.15) is 0 Å². The molecule has 2 fully saturated rings. The van der Waals surface area contributed by atoms with Crippen LogP contribution in [0.4, 0.5) is 0 Å². The first-order valence-corrected chi connectivity index (χ1v) is 12.9. The van der Waals surface area contributed by atoms with Crippen LogP contribution in [-0.2, 0) is 18.8 Å². The Balaban J connectivity index is 2.01. The molecule has 2 aromatic rings. The van der Waals surface area contributed by atoms with Gasteiger partial charge in [-0.3, -0.25) is 0 Å². The van der Waals surface area contributed by atoms with E-state index in [1.54, 1.807) is 0 Å². The molecule has 1 aliphatic heterocycles. The first kappa shape index (κ1) is 21.8. The van der Waals surface area contributed by atoms with Gasteiger partial charge in [0.05, 0.1) is 0 Å². The Morgan fingerprint density at radius 2 is 1.48 bits per heavy atom. The fraction of sp³-hybridized carbons (Fsp3) is 0.417. The Morgan fingerprint density at radius 1 is 0.935 bits per heavy atom. The van der Waals surface area contributed by atoms with Crippen LogP contribution in [0.1, 0.15) is 32.1 Å². The average molecular weight is 442 g/mol. The van der Waals surface area contributed by atoms with Crippen LogP contribution in [0.3, 0.4) is 0 Å². The van der Waals surface area contributed by atoms with E-state index in [-0.39, 0.29) is 18.0 Å². The molecule has 4 rings (SSSR count). The summed E-state index contributed by atoms with van der Waals surface area (Å²) in [6.45, 7) is -4.13. The predicted molar refractivity (Wildman–Crippen MR) is 121 cm³/mol. The van der Waals surface area contributed by atoms with Gasteiger partial charge in [0.2, 0.25) is 0 Å². The van der Waals surface area contributed by atoms with Crippen LogP contribution in [0, 0.1) is 5.92 Å². The monoisotopic (exact) mass is 442 g/mol. The molecule has 2 aliphatic rings. The second kappa shape index (κ2) is 8.60.